The van der Waals surface area contributed by atoms with Crippen LogP contribution in [0.5, 0.6) is 0 Å². The smallest absolute Gasteiger partial charge is 0.148 e. The van der Waals surface area contributed by atoms with Crippen molar-refractivity contribution in [2.24, 2.45) is 5.84 Å². The lowest BCUT2D eigenvalue weighted by Gasteiger charge is -2.21. The summed E-state index contributed by atoms with van der Waals surface area (Å²) in [6, 6.07) is 8.44. The number of aromatic nitrogens is 2. The fourth-order valence-corrected chi connectivity index (χ4v) is 2.58. The molecule has 1 aliphatic rings. The van der Waals surface area contributed by atoms with Crippen LogP contribution in [0.15, 0.2) is 24.3 Å². The van der Waals surface area contributed by atoms with E-state index in [1.54, 1.807) is 0 Å². The standard InChI is InChI=1S/C14H17N5/c1-9-13(18-15)16-10(2)17-14(9)19-8-7-11-5-3-4-6-12(11)19/h3-6H,7-8,15H2,1-2H3,(H,16,17,18). The van der Waals surface area contributed by atoms with Gasteiger partial charge < -0.3 is 10.3 Å². The molecule has 3 rings (SSSR count). The minimum absolute atomic E-state index is 0.687. The molecule has 2 heterocycles. The van der Waals surface area contributed by atoms with Crippen molar-refractivity contribution in [3.8, 4) is 0 Å². The maximum absolute atomic E-state index is 5.52. The molecule has 0 bridgehead atoms. The van der Waals surface area contributed by atoms with Crippen molar-refractivity contribution in [1.82, 2.24) is 9.97 Å². The first kappa shape index (κ1) is 11.9. The summed E-state index contributed by atoms with van der Waals surface area (Å²) in [5.74, 6) is 7.87. The number of hydrazine groups is 1. The van der Waals surface area contributed by atoms with Gasteiger partial charge in [-0.05, 0) is 31.9 Å². The Kier molecular flexibility index (Phi) is 2.83. The molecule has 0 radical (unpaired) electrons. The molecule has 19 heavy (non-hydrogen) atoms. The molecule has 0 atom stereocenters. The van der Waals surface area contributed by atoms with Gasteiger partial charge in [0.25, 0.3) is 0 Å². The summed E-state index contributed by atoms with van der Waals surface area (Å²) < 4.78 is 0. The molecule has 0 amide bonds. The molecule has 1 aromatic heterocycles. The number of benzene rings is 1. The Balaban J connectivity index is 2.12. The van der Waals surface area contributed by atoms with Gasteiger partial charge in [0, 0.05) is 17.8 Å². The highest BCUT2D eigenvalue weighted by atomic mass is 15.3. The minimum Gasteiger partial charge on any atom is -0.325 e. The summed E-state index contributed by atoms with van der Waals surface area (Å²) in [5.41, 5.74) is 6.21. The van der Waals surface area contributed by atoms with Gasteiger partial charge in [0.2, 0.25) is 0 Å². The number of nitrogens with one attached hydrogen (secondary N) is 1. The van der Waals surface area contributed by atoms with E-state index in [1.807, 2.05) is 13.8 Å². The molecule has 1 aliphatic heterocycles. The summed E-state index contributed by atoms with van der Waals surface area (Å²) in [4.78, 5) is 11.1. The van der Waals surface area contributed by atoms with E-state index in [2.05, 4.69) is 44.6 Å². The molecule has 3 N–H and O–H groups in total. The van der Waals surface area contributed by atoms with Crippen LogP contribution in [0.25, 0.3) is 0 Å². The molecule has 98 valence electrons. The maximum Gasteiger partial charge on any atom is 0.148 e. The van der Waals surface area contributed by atoms with E-state index in [4.69, 9.17) is 5.84 Å². The van der Waals surface area contributed by atoms with E-state index in [-0.39, 0.29) is 0 Å². The van der Waals surface area contributed by atoms with Crippen LogP contribution in [0, 0.1) is 13.8 Å². The second-order valence-corrected chi connectivity index (χ2v) is 4.74. The highest BCUT2D eigenvalue weighted by molar-refractivity contribution is 5.72. The van der Waals surface area contributed by atoms with Crippen LogP contribution >= 0.6 is 0 Å². The number of anilines is 3. The molecular weight excluding hydrogens is 238 g/mol. The van der Waals surface area contributed by atoms with E-state index in [9.17, 15) is 0 Å². The number of aryl methyl sites for hydroxylation is 1. The molecule has 0 saturated carbocycles. The SMILES string of the molecule is Cc1nc(NN)c(C)c(N2CCc3ccccc32)n1. The van der Waals surface area contributed by atoms with Gasteiger partial charge in [-0.25, -0.2) is 15.8 Å². The lowest BCUT2D eigenvalue weighted by Crippen LogP contribution is -2.19. The van der Waals surface area contributed by atoms with Crippen LogP contribution in [-0.4, -0.2) is 16.5 Å². The van der Waals surface area contributed by atoms with Crippen LogP contribution in [-0.2, 0) is 6.42 Å². The fraction of sp³-hybridized carbons (Fsp3) is 0.286. The molecule has 0 spiro atoms. The van der Waals surface area contributed by atoms with Crippen LogP contribution < -0.4 is 16.2 Å². The summed E-state index contributed by atoms with van der Waals surface area (Å²) in [5, 5.41) is 0. The lowest BCUT2D eigenvalue weighted by molar-refractivity contribution is 0.931. The van der Waals surface area contributed by atoms with Crippen molar-refractivity contribution in [2.45, 2.75) is 20.3 Å². The lowest BCUT2D eigenvalue weighted by atomic mass is 10.2. The topological polar surface area (TPSA) is 67.1 Å². The second kappa shape index (κ2) is 4.51. The van der Waals surface area contributed by atoms with Gasteiger partial charge >= 0.3 is 0 Å². The van der Waals surface area contributed by atoms with Gasteiger partial charge in [-0.3, -0.25) is 0 Å². The Morgan fingerprint density at radius 1 is 1.21 bits per heavy atom. The second-order valence-electron chi connectivity index (χ2n) is 4.74. The number of para-hydroxylation sites is 1. The van der Waals surface area contributed by atoms with Crippen molar-refractivity contribution in [2.75, 3.05) is 16.9 Å². The zero-order chi connectivity index (χ0) is 13.4. The summed E-state index contributed by atoms with van der Waals surface area (Å²) in [7, 11) is 0. The summed E-state index contributed by atoms with van der Waals surface area (Å²) in [6.07, 6.45) is 1.05. The predicted octanol–water partition coefficient (Wildman–Crippen LogP) is 2.07. The number of fused-ring (bicyclic) bond motifs is 1. The highest BCUT2D eigenvalue weighted by Gasteiger charge is 2.23. The van der Waals surface area contributed by atoms with Gasteiger partial charge in [0.1, 0.15) is 17.5 Å². The van der Waals surface area contributed by atoms with E-state index in [1.165, 1.54) is 11.3 Å². The number of nitrogen functional groups attached to an aromatic ring is 1. The number of hydrogen-bond donors (Lipinski definition) is 2. The first-order valence-electron chi connectivity index (χ1n) is 6.38. The monoisotopic (exact) mass is 255 g/mol. The van der Waals surface area contributed by atoms with E-state index in [0.29, 0.717) is 5.82 Å². The molecule has 5 nitrogen and oxygen atoms in total. The number of nitrogens with zero attached hydrogens (tertiary/aromatic N) is 3. The van der Waals surface area contributed by atoms with Gasteiger partial charge in [0.15, 0.2) is 0 Å². The predicted molar refractivity (Wildman–Crippen MR) is 76.5 cm³/mol. The van der Waals surface area contributed by atoms with Gasteiger partial charge in [-0.15, -0.1) is 0 Å². The molecule has 5 heteroatoms. The number of hydrogen-bond acceptors (Lipinski definition) is 5. The van der Waals surface area contributed by atoms with Crippen molar-refractivity contribution in [3.63, 3.8) is 0 Å². The third-order valence-electron chi connectivity index (χ3n) is 3.51. The van der Waals surface area contributed by atoms with Crippen LogP contribution in [0.1, 0.15) is 17.0 Å². The van der Waals surface area contributed by atoms with E-state index >= 15 is 0 Å². The van der Waals surface area contributed by atoms with Gasteiger partial charge in [-0.2, -0.15) is 0 Å². The number of nitrogens with two attached hydrogens (primary N) is 1. The third-order valence-corrected chi connectivity index (χ3v) is 3.51. The summed E-state index contributed by atoms with van der Waals surface area (Å²) in [6.45, 7) is 4.82. The highest BCUT2D eigenvalue weighted by Crippen LogP contribution is 2.36. The van der Waals surface area contributed by atoms with Crippen molar-refractivity contribution >= 4 is 17.3 Å². The van der Waals surface area contributed by atoms with E-state index in [0.717, 1.165) is 30.2 Å². The van der Waals surface area contributed by atoms with Gasteiger partial charge in [0.05, 0.1) is 0 Å². The molecule has 0 fully saturated rings. The molecule has 0 unspecified atom stereocenters. The van der Waals surface area contributed by atoms with Crippen molar-refractivity contribution in [3.05, 3.63) is 41.2 Å². The Morgan fingerprint density at radius 2 is 2.00 bits per heavy atom. The molecule has 0 saturated heterocycles. The first-order valence-corrected chi connectivity index (χ1v) is 6.38. The molecule has 1 aromatic carbocycles. The Morgan fingerprint density at radius 3 is 2.79 bits per heavy atom. The molecule has 2 aromatic rings. The maximum atomic E-state index is 5.52. The van der Waals surface area contributed by atoms with Gasteiger partial charge in [-0.1, -0.05) is 18.2 Å². The average Bonchev–Trinajstić information content (AvgIpc) is 2.85. The Labute approximate surface area is 112 Å². The van der Waals surface area contributed by atoms with Crippen LogP contribution in [0.2, 0.25) is 0 Å². The minimum atomic E-state index is 0.687. The molecular formula is C14H17N5. The normalized spacial score (nSPS) is 13.5. The zero-order valence-electron chi connectivity index (χ0n) is 11.1. The zero-order valence-corrected chi connectivity index (χ0v) is 11.1. The number of rotatable bonds is 2. The van der Waals surface area contributed by atoms with Crippen LogP contribution in [0.3, 0.4) is 0 Å². The Bertz CT molecular complexity index is 623. The fourth-order valence-electron chi connectivity index (χ4n) is 2.58. The quantitative estimate of drug-likeness (QED) is 0.635. The first-order chi connectivity index (χ1) is 9.20. The average molecular weight is 255 g/mol. The van der Waals surface area contributed by atoms with Crippen molar-refractivity contribution < 1.29 is 0 Å². The van der Waals surface area contributed by atoms with Crippen molar-refractivity contribution in [1.29, 1.82) is 0 Å². The van der Waals surface area contributed by atoms with Crippen LogP contribution in [0.4, 0.5) is 17.3 Å². The molecule has 0 aliphatic carbocycles. The largest absolute Gasteiger partial charge is 0.325 e. The summed E-state index contributed by atoms with van der Waals surface area (Å²) >= 11 is 0. The third kappa shape index (κ3) is 1.92. The Hall–Kier alpha value is -2.14. The van der Waals surface area contributed by atoms with E-state index < -0.39 is 0 Å².